The second-order valence-electron chi connectivity index (χ2n) is 11.0. The Hall–Kier alpha value is -5.58. The van der Waals surface area contributed by atoms with Gasteiger partial charge in [0, 0.05) is 39.7 Å². The second-order valence-corrected chi connectivity index (χ2v) is 14.8. The van der Waals surface area contributed by atoms with Crippen molar-refractivity contribution in [2.45, 2.75) is 0 Å². The molecule has 3 heterocycles. The highest BCUT2D eigenvalue weighted by molar-refractivity contribution is 7.19. The molecule has 5 aromatic carbocycles. The minimum Gasteiger partial charge on any atom is -0.309 e. The molecule has 0 fully saturated rings. The Bertz CT molecular complexity index is 2110. The van der Waals surface area contributed by atoms with Crippen molar-refractivity contribution in [1.82, 2.24) is 14.5 Å². The molecule has 0 spiro atoms. The minimum absolute atomic E-state index is 0.967. The number of aromatic nitrogens is 3. The lowest BCUT2D eigenvalue weighted by molar-refractivity contribution is 1.18. The SMILES string of the molecule is c1ccc([Si](c2ccccc2)(c2cccc(-n3c4ccccc4c4ccc(-c5ccccn5)cc43)c2)c2ccccn2)cc1. The van der Waals surface area contributed by atoms with Crippen LogP contribution in [-0.2, 0) is 0 Å². The van der Waals surface area contributed by atoms with Gasteiger partial charge < -0.3 is 4.57 Å². The van der Waals surface area contributed by atoms with Gasteiger partial charge in [-0.05, 0) is 64.1 Å². The van der Waals surface area contributed by atoms with Crippen LogP contribution in [0.15, 0.2) is 176 Å². The fourth-order valence-corrected chi connectivity index (χ4v) is 11.3. The van der Waals surface area contributed by atoms with Crippen LogP contribution in [0, 0.1) is 0 Å². The molecule has 8 rings (SSSR count). The summed E-state index contributed by atoms with van der Waals surface area (Å²) in [6, 6.07) is 58.9. The fourth-order valence-electron chi connectivity index (χ4n) is 6.72. The third-order valence-electron chi connectivity index (χ3n) is 8.63. The van der Waals surface area contributed by atoms with Gasteiger partial charge in [-0.3, -0.25) is 9.97 Å². The zero-order chi connectivity index (χ0) is 29.3. The quantitative estimate of drug-likeness (QED) is 0.164. The number of hydrogen-bond donors (Lipinski definition) is 0. The highest BCUT2D eigenvalue weighted by atomic mass is 28.3. The maximum Gasteiger partial charge on any atom is 0.201 e. The normalized spacial score (nSPS) is 11.6. The summed E-state index contributed by atoms with van der Waals surface area (Å²) in [7, 11) is -2.78. The molecule has 0 atom stereocenters. The lowest BCUT2D eigenvalue weighted by Gasteiger charge is -2.33. The summed E-state index contributed by atoms with van der Waals surface area (Å²) in [4.78, 5) is 9.71. The molecule has 44 heavy (non-hydrogen) atoms. The van der Waals surface area contributed by atoms with Crippen molar-refractivity contribution in [3.8, 4) is 16.9 Å². The first-order chi connectivity index (χ1) is 21.8. The fraction of sp³-hybridized carbons (Fsp3) is 0. The predicted octanol–water partition coefficient (Wildman–Crippen LogP) is 6.62. The van der Waals surface area contributed by atoms with Gasteiger partial charge in [-0.25, -0.2) is 0 Å². The minimum atomic E-state index is -2.78. The average Bonchev–Trinajstić information content (AvgIpc) is 3.44. The van der Waals surface area contributed by atoms with Gasteiger partial charge in [0.15, 0.2) is 0 Å². The van der Waals surface area contributed by atoms with E-state index in [-0.39, 0.29) is 0 Å². The van der Waals surface area contributed by atoms with Gasteiger partial charge >= 0.3 is 0 Å². The number of para-hydroxylation sites is 1. The smallest absolute Gasteiger partial charge is 0.201 e. The van der Waals surface area contributed by atoms with E-state index < -0.39 is 8.07 Å². The molecule has 0 unspecified atom stereocenters. The van der Waals surface area contributed by atoms with Gasteiger partial charge in [0.25, 0.3) is 0 Å². The van der Waals surface area contributed by atoms with E-state index in [0.717, 1.165) is 27.8 Å². The molecule has 3 aromatic heterocycles. The topological polar surface area (TPSA) is 30.7 Å². The van der Waals surface area contributed by atoms with Crippen LogP contribution >= 0.6 is 0 Å². The van der Waals surface area contributed by atoms with E-state index in [1.54, 1.807) is 0 Å². The average molecular weight is 580 g/mol. The van der Waals surface area contributed by atoms with E-state index in [1.807, 2.05) is 30.6 Å². The summed E-state index contributed by atoms with van der Waals surface area (Å²) in [6.45, 7) is 0. The summed E-state index contributed by atoms with van der Waals surface area (Å²) < 4.78 is 2.41. The van der Waals surface area contributed by atoms with Gasteiger partial charge in [0.1, 0.15) is 0 Å². The van der Waals surface area contributed by atoms with E-state index in [2.05, 4.69) is 155 Å². The first-order valence-electron chi connectivity index (χ1n) is 14.9. The molecule has 3 nitrogen and oxygen atoms in total. The molecule has 4 heteroatoms. The summed E-state index contributed by atoms with van der Waals surface area (Å²) in [6.07, 6.45) is 3.78. The summed E-state index contributed by atoms with van der Waals surface area (Å²) in [5.74, 6) is 0. The molecule has 208 valence electrons. The first-order valence-corrected chi connectivity index (χ1v) is 16.9. The van der Waals surface area contributed by atoms with Gasteiger partial charge in [-0.2, -0.15) is 0 Å². The van der Waals surface area contributed by atoms with Crippen molar-refractivity contribution >= 4 is 50.8 Å². The Labute approximate surface area is 257 Å². The van der Waals surface area contributed by atoms with Crippen molar-refractivity contribution < 1.29 is 0 Å². The molecule has 0 saturated carbocycles. The predicted molar refractivity (Wildman–Crippen MR) is 185 cm³/mol. The van der Waals surface area contributed by atoms with E-state index in [0.29, 0.717) is 0 Å². The number of rotatable bonds is 6. The summed E-state index contributed by atoms with van der Waals surface area (Å²) >= 11 is 0. The molecular weight excluding hydrogens is 551 g/mol. The van der Waals surface area contributed by atoms with Crippen LogP contribution < -0.4 is 20.9 Å². The lowest BCUT2D eigenvalue weighted by atomic mass is 10.1. The number of nitrogens with zero attached hydrogens (tertiary/aromatic N) is 3. The number of benzene rings is 5. The second kappa shape index (κ2) is 10.9. The van der Waals surface area contributed by atoms with Crippen molar-refractivity contribution in [2.24, 2.45) is 0 Å². The third kappa shape index (κ3) is 4.19. The standard InChI is InChI=1S/C40H29N3Si/c1-3-15-32(16-4-1)44(33-17-5-2-6-18-33,40-23-10-12-27-42-40)34-19-13-14-31(29-34)43-38-22-8-7-20-35(38)36-25-24-30(28-39(36)43)37-21-9-11-26-41-37/h1-29H. The molecule has 0 aliphatic rings. The van der Waals surface area contributed by atoms with Gasteiger partial charge in [-0.15, -0.1) is 0 Å². The molecule has 0 amide bonds. The molecule has 0 N–H and O–H groups in total. The highest BCUT2D eigenvalue weighted by Crippen LogP contribution is 2.34. The molecule has 8 aromatic rings. The van der Waals surface area contributed by atoms with E-state index in [4.69, 9.17) is 4.98 Å². The van der Waals surface area contributed by atoms with Crippen LogP contribution in [0.5, 0.6) is 0 Å². The molecular formula is C40H29N3Si. The summed E-state index contributed by atoms with van der Waals surface area (Å²) in [5, 5.41) is 7.49. The van der Waals surface area contributed by atoms with Crippen molar-refractivity contribution in [3.63, 3.8) is 0 Å². The van der Waals surface area contributed by atoms with E-state index >= 15 is 0 Å². The largest absolute Gasteiger partial charge is 0.309 e. The lowest BCUT2D eigenvalue weighted by Crippen LogP contribution is -2.75. The van der Waals surface area contributed by atoms with Crippen molar-refractivity contribution in [2.75, 3.05) is 0 Å². The Morgan fingerprint density at radius 3 is 1.77 bits per heavy atom. The van der Waals surface area contributed by atoms with E-state index in [9.17, 15) is 0 Å². The first kappa shape index (κ1) is 26.1. The molecule has 0 radical (unpaired) electrons. The van der Waals surface area contributed by atoms with Gasteiger partial charge in [0.2, 0.25) is 8.07 Å². The Kier molecular flexibility index (Phi) is 6.47. The highest BCUT2D eigenvalue weighted by Gasteiger charge is 2.43. The van der Waals surface area contributed by atoms with Crippen LogP contribution in [0.4, 0.5) is 0 Å². The molecule has 0 aliphatic heterocycles. The van der Waals surface area contributed by atoms with Crippen molar-refractivity contribution in [1.29, 1.82) is 0 Å². The monoisotopic (exact) mass is 579 g/mol. The summed E-state index contributed by atoms with van der Waals surface area (Å²) in [5.41, 5.74) is 5.55. The Morgan fingerprint density at radius 2 is 1.07 bits per heavy atom. The molecule has 0 bridgehead atoms. The van der Waals surface area contributed by atoms with Crippen LogP contribution in [0.3, 0.4) is 0 Å². The third-order valence-corrected chi connectivity index (χ3v) is 13.3. The van der Waals surface area contributed by atoms with Crippen LogP contribution in [-0.4, -0.2) is 22.6 Å². The number of pyridine rings is 2. The van der Waals surface area contributed by atoms with Gasteiger partial charge in [-0.1, -0.05) is 115 Å². The zero-order valence-electron chi connectivity index (χ0n) is 24.1. The Morgan fingerprint density at radius 1 is 0.432 bits per heavy atom. The van der Waals surface area contributed by atoms with Crippen molar-refractivity contribution in [3.05, 3.63) is 176 Å². The number of hydrogen-bond acceptors (Lipinski definition) is 2. The number of fused-ring (bicyclic) bond motifs is 3. The van der Waals surface area contributed by atoms with E-state index in [1.165, 1.54) is 31.8 Å². The maximum atomic E-state index is 5.07. The van der Waals surface area contributed by atoms with Crippen LogP contribution in [0.25, 0.3) is 38.8 Å². The van der Waals surface area contributed by atoms with Crippen LogP contribution in [0.1, 0.15) is 0 Å². The van der Waals surface area contributed by atoms with Crippen LogP contribution in [0.2, 0.25) is 0 Å². The Balaban J connectivity index is 1.44. The zero-order valence-corrected chi connectivity index (χ0v) is 25.1. The molecule has 0 aliphatic carbocycles. The van der Waals surface area contributed by atoms with Gasteiger partial charge in [0.05, 0.1) is 16.7 Å². The maximum absolute atomic E-state index is 5.07. The molecule has 0 saturated heterocycles.